The van der Waals surface area contributed by atoms with E-state index in [4.69, 9.17) is 4.74 Å². The zero-order chi connectivity index (χ0) is 15.5. The number of nitrogens with one attached hydrogen (secondary N) is 2. The number of anilines is 2. The van der Waals surface area contributed by atoms with Gasteiger partial charge in [0.25, 0.3) is 0 Å². The van der Waals surface area contributed by atoms with E-state index < -0.39 is 17.5 Å². The second kappa shape index (κ2) is 6.02. The molecule has 0 unspecified atom stereocenters. The molecule has 0 spiro atoms. The van der Waals surface area contributed by atoms with Crippen LogP contribution in [0.4, 0.5) is 24.8 Å². The fourth-order valence-corrected chi connectivity index (χ4v) is 2.12. The van der Waals surface area contributed by atoms with Gasteiger partial charge in [0.15, 0.2) is 0 Å². The molecule has 0 aromatic carbocycles. The quantitative estimate of drug-likeness (QED) is 0.782. The van der Waals surface area contributed by atoms with Gasteiger partial charge in [-0.1, -0.05) is 0 Å². The lowest BCUT2D eigenvalue weighted by Crippen LogP contribution is -2.47. The molecule has 2 rings (SSSR count). The van der Waals surface area contributed by atoms with Gasteiger partial charge in [-0.15, -0.1) is 0 Å². The number of rotatable bonds is 4. The van der Waals surface area contributed by atoms with Crippen molar-refractivity contribution >= 4 is 11.6 Å². The van der Waals surface area contributed by atoms with Crippen LogP contribution in [0.1, 0.15) is 18.7 Å². The van der Waals surface area contributed by atoms with Crippen molar-refractivity contribution in [2.45, 2.75) is 24.6 Å². The maximum Gasteiger partial charge on any atom is 0.451 e. The highest BCUT2D eigenvalue weighted by atomic mass is 19.4. The lowest BCUT2D eigenvalue weighted by molar-refractivity contribution is -0.144. The zero-order valence-electron chi connectivity index (χ0n) is 11.5. The molecule has 1 aromatic heterocycles. The van der Waals surface area contributed by atoms with E-state index in [0.717, 1.165) is 0 Å². The van der Waals surface area contributed by atoms with Crippen molar-refractivity contribution in [1.82, 2.24) is 9.97 Å². The van der Waals surface area contributed by atoms with Crippen LogP contribution < -0.4 is 10.6 Å². The third kappa shape index (κ3) is 3.73. The Hall–Kier alpha value is -1.61. The largest absolute Gasteiger partial charge is 0.451 e. The van der Waals surface area contributed by atoms with Gasteiger partial charge in [-0.05, 0) is 12.8 Å². The molecule has 1 aliphatic heterocycles. The average Bonchev–Trinajstić information content (AvgIpc) is 2.47. The summed E-state index contributed by atoms with van der Waals surface area (Å²) in [6, 6.07) is 1.38. The summed E-state index contributed by atoms with van der Waals surface area (Å²) in [6.45, 7) is 0.657. The van der Waals surface area contributed by atoms with E-state index in [-0.39, 0.29) is 18.2 Å². The van der Waals surface area contributed by atoms with E-state index in [1.54, 1.807) is 0 Å². The van der Waals surface area contributed by atoms with Gasteiger partial charge < -0.3 is 20.5 Å². The Morgan fingerprint density at radius 3 is 2.43 bits per heavy atom. The summed E-state index contributed by atoms with van der Waals surface area (Å²) < 4.78 is 43.6. The molecule has 1 saturated heterocycles. The molecular formula is C12H17F3N4O2. The predicted octanol–water partition coefficient (Wildman–Crippen LogP) is 1.49. The number of hydrogen-bond acceptors (Lipinski definition) is 6. The molecule has 9 heteroatoms. The van der Waals surface area contributed by atoms with Gasteiger partial charge in [-0.3, -0.25) is 0 Å². The van der Waals surface area contributed by atoms with Gasteiger partial charge in [-0.25, -0.2) is 9.97 Å². The molecule has 0 atom stereocenters. The number of aliphatic hydroxyl groups excluding tert-OH is 1. The Balaban J connectivity index is 2.30. The molecule has 6 nitrogen and oxygen atoms in total. The first kappa shape index (κ1) is 15.8. The molecule has 21 heavy (non-hydrogen) atoms. The monoisotopic (exact) mass is 306 g/mol. The van der Waals surface area contributed by atoms with E-state index in [2.05, 4.69) is 20.6 Å². The fourth-order valence-electron chi connectivity index (χ4n) is 2.12. The minimum Gasteiger partial charge on any atom is -0.394 e. The van der Waals surface area contributed by atoms with E-state index in [1.807, 2.05) is 0 Å². The molecule has 0 radical (unpaired) electrons. The summed E-state index contributed by atoms with van der Waals surface area (Å²) in [5.41, 5.74) is -0.722. The SMILES string of the molecule is CNc1cc(NC2(CO)CCOCC2)nc(C(F)(F)F)n1. The van der Waals surface area contributed by atoms with Crippen molar-refractivity contribution in [3.63, 3.8) is 0 Å². The molecule has 1 aliphatic rings. The minimum absolute atomic E-state index is 0.0256. The predicted molar refractivity (Wildman–Crippen MR) is 70.1 cm³/mol. The second-order valence-electron chi connectivity index (χ2n) is 4.89. The Morgan fingerprint density at radius 2 is 1.90 bits per heavy atom. The van der Waals surface area contributed by atoms with Crippen LogP contribution in [-0.2, 0) is 10.9 Å². The van der Waals surface area contributed by atoms with Gasteiger partial charge >= 0.3 is 6.18 Å². The van der Waals surface area contributed by atoms with Crippen LogP contribution in [-0.4, -0.2) is 47.5 Å². The first-order valence-electron chi connectivity index (χ1n) is 6.49. The molecule has 2 heterocycles. The Labute approximate surface area is 119 Å². The normalized spacial score (nSPS) is 18.3. The van der Waals surface area contributed by atoms with Gasteiger partial charge in [0.1, 0.15) is 11.6 Å². The number of nitrogens with zero attached hydrogens (tertiary/aromatic N) is 2. The number of hydrogen-bond donors (Lipinski definition) is 3. The Morgan fingerprint density at radius 1 is 1.29 bits per heavy atom. The number of alkyl halides is 3. The van der Waals surface area contributed by atoms with Crippen LogP contribution in [0, 0.1) is 0 Å². The molecule has 0 aliphatic carbocycles. The van der Waals surface area contributed by atoms with Crippen molar-refractivity contribution in [3.8, 4) is 0 Å². The molecular weight excluding hydrogens is 289 g/mol. The lowest BCUT2D eigenvalue weighted by atomic mass is 9.91. The summed E-state index contributed by atoms with van der Waals surface area (Å²) in [6.07, 6.45) is -3.65. The van der Waals surface area contributed by atoms with Crippen molar-refractivity contribution in [2.75, 3.05) is 37.5 Å². The molecule has 0 saturated carbocycles. The maximum atomic E-state index is 12.8. The molecule has 1 fully saturated rings. The number of aromatic nitrogens is 2. The minimum atomic E-state index is -4.63. The number of aliphatic hydroxyl groups is 1. The summed E-state index contributed by atoms with van der Waals surface area (Å²) >= 11 is 0. The third-order valence-corrected chi connectivity index (χ3v) is 3.38. The Kier molecular flexibility index (Phi) is 4.52. The van der Waals surface area contributed by atoms with Crippen molar-refractivity contribution in [3.05, 3.63) is 11.9 Å². The van der Waals surface area contributed by atoms with Gasteiger partial charge in [0, 0.05) is 26.3 Å². The summed E-state index contributed by atoms with van der Waals surface area (Å²) in [5, 5.41) is 15.0. The first-order chi connectivity index (χ1) is 9.88. The molecule has 118 valence electrons. The van der Waals surface area contributed by atoms with Crippen LogP contribution in [0.3, 0.4) is 0 Å². The Bertz CT molecular complexity index is 490. The van der Waals surface area contributed by atoms with E-state index in [9.17, 15) is 18.3 Å². The summed E-state index contributed by atoms with van der Waals surface area (Å²) in [5.74, 6) is -1.14. The molecule has 1 aromatic rings. The average molecular weight is 306 g/mol. The van der Waals surface area contributed by atoms with Crippen LogP contribution in [0.2, 0.25) is 0 Å². The van der Waals surface area contributed by atoms with Gasteiger partial charge in [-0.2, -0.15) is 13.2 Å². The maximum absolute atomic E-state index is 12.8. The topological polar surface area (TPSA) is 79.3 Å². The van der Waals surface area contributed by atoms with Gasteiger partial charge in [0.2, 0.25) is 5.82 Å². The fraction of sp³-hybridized carbons (Fsp3) is 0.667. The highest BCUT2D eigenvalue weighted by Gasteiger charge is 2.37. The van der Waals surface area contributed by atoms with Crippen LogP contribution >= 0.6 is 0 Å². The number of halogens is 3. The molecule has 0 bridgehead atoms. The van der Waals surface area contributed by atoms with E-state index >= 15 is 0 Å². The van der Waals surface area contributed by atoms with E-state index in [0.29, 0.717) is 26.1 Å². The van der Waals surface area contributed by atoms with Crippen molar-refractivity contribution in [1.29, 1.82) is 0 Å². The highest BCUT2D eigenvalue weighted by Crippen LogP contribution is 2.30. The molecule has 0 amide bonds. The smallest absolute Gasteiger partial charge is 0.394 e. The van der Waals surface area contributed by atoms with E-state index in [1.165, 1.54) is 13.1 Å². The summed E-state index contributed by atoms with van der Waals surface area (Å²) in [4.78, 5) is 6.89. The second-order valence-corrected chi connectivity index (χ2v) is 4.89. The molecule has 3 N–H and O–H groups in total. The summed E-state index contributed by atoms with van der Waals surface area (Å²) in [7, 11) is 1.47. The number of ether oxygens (including phenoxy) is 1. The van der Waals surface area contributed by atoms with Crippen molar-refractivity contribution in [2.24, 2.45) is 0 Å². The first-order valence-corrected chi connectivity index (χ1v) is 6.49. The zero-order valence-corrected chi connectivity index (χ0v) is 11.5. The standard InChI is InChI=1S/C12H17F3N4O2/c1-16-8-6-9(18-10(17-8)12(13,14)15)19-11(7-20)2-4-21-5-3-11/h6,20H,2-5,7H2,1H3,(H2,16,17,18,19). The van der Waals surface area contributed by atoms with Crippen LogP contribution in [0.25, 0.3) is 0 Å². The van der Waals surface area contributed by atoms with Gasteiger partial charge in [0.05, 0.1) is 12.1 Å². The lowest BCUT2D eigenvalue weighted by Gasteiger charge is -2.36. The van der Waals surface area contributed by atoms with Crippen molar-refractivity contribution < 1.29 is 23.0 Å². The third-order valence-electron chi connectivity index (χ3n) is 3.38. The van der Waals surface area contributed by atoms with Crippen LogP contribution in [0.15, 0.2) is 6.07 Å². The highest BCUT2D eigenvalue weighted by molar-refractivity contribution is 5.49. The van der Waals surface area contributed by atoms with Crippen LogP contribution in [0.5, 0.6) is 0 Å².